The van der Waals surface area contributed by atoms with Gasteiger partial charge in [-0.3, -0.25) is 0 Å². The fourth-order valence-corrected chi connectivity index (χ4v) is 15.1. The van der Waals surface area contributed by atoms with Gasteiger partial charge >= 0.3 is 160 Å². The third kappa shape index (κ3) is 3.23. The molecular formula is C25H26Ge. The summed E-state index contributed by atoms with van der Waals surface area (Å²) < 4.78 is 5.63. The maximum absolute atomic E-state index is 4.15. The molecule has 0 fully saturated rings. The van der Waals surface area contributed by atoms with Crippen LogP contribution in [-0.4, -0.2) is 13.3 Å². The summed E-state index contributed by atoms with van der Waals surface area (Å²) in [5, 5.41) is 0. The molecule has 0 spiro atoms. The summed E-state index contributed by atoms with van der Waals surface area (Å²) >= 11 is -3.15. The van der Waals surface area contributed by atoms with Crippen molar-refractivity contribution >= 4 is 26.5 Å². The van der Waals surface area contributed by atoms with Gasteiger partial charge in [0, 0.05) is 0 Å². The molecule has 1 heteroatoms. The van der Waals surface area contributed by atoms with Gasteiger partial charge in [-0.1, -0.05) is 0 Å². The normalized spacial score (nSPS) is 11.7. The number of benzene rings is 3. The van der Waals surface area contributed by atoms with Crippen LogP contribution in [0.2, 0.25) is 0 Å². The van der Waals surface area contributed by atoms with Crippen LogP contribution in [-0.2, 0) is 0 Å². The van der Waals surface area contributed by atoms with E-state index in [-0.39, 0.29) is 5.41 Å². The van der Waals surface area contributed by atoms with E-state index < -0.39 is 13.3 Å². The molecule has 0 amide bonds. The van der Waals surface area contributed by atoms with E-state index in [9.17, 15) is 0 Å². The van der Waals surface area contributed by atoms with Gasteiger partial charge in [0.25, 0.3) is 0 Å². The molecule has 26 heavy (non-hydrogen) atoms. The molecule has 0 N–H and O–H groups in total. The Morgan fingerprint density at radius 3 is 1.19 bits per heavy atom. The van der Waals surface area contributed by atoms with Crippen molar-refractivity contribution in [3.05, 3.63) is 108 Å². The number of hydrogen-bond acceptors (Lipinski definition) is 0. The average molecular weight is 399 g/mol. The maximum atomic E-state index is 4.15. The van der Waals surface area contributed by atoms with E-state index in [2.05, 4.69) is 124 Å². The zero-order valence-electron chi connectivity index (χ0n) is 15.9. The number of rotatable bonds is 4. The first-order valence-electron chi connectivity index (χ1n) is 9.09. The van der Waals surface area contributed by atoms with Gasteiger partial charge < -0.3 is 0 Å². The van der Waals surface area contributed by atoms with Crippen LogP contribution in [0.1, 0.15) is 20.8 Å². The quantitative estimate of drug-likeness (QED) is 0.449. The second-order valence-corrected chi connectivity index (χ2v) is 15.5. The summed E-state index contributed by atoms with van der Waals surface area (Å²) in [7, 11) is 0. The fraction of sp³-hybridized carbons (Fsp3) is 0.160. The third-order valence-corrected chi connectivity index (χ3v) is 16.0. The molecule has 0 aliphatic rings. The van der Waals surface area contributed by atoms with Crippen molar-refractivity contribution in [2.75, 3.05) is 0 Å². The van der Waals surface area contributed by atoms with Gasteiger partial charge in [-0.25, -0.2) is 0 Å². The topological polar surface area (TPSA) is 0 Å². The molecular weight excluding hydrogens is 373 g/mol. The molecule has 130 valence electrons. The van der Waals surface area contributed by atoms with Crippen LogP contribution in [0.15, 0.2) is 108 Å². The molecule has 0 aliphatic carbocycles. The number of allylic oxidation sites excluding steroid dienone is 1. The summed E-state index contributed by atoms with van der Waals surface area (Å²) in [6.45, 7) is 11.0. The van der Waals surface area contributed by atoms with Crippen molar-refractivity contribution in [2.45, 2.75) is 20.8 Å². The van der Waals surface area contributed by atoms with E-state index in [1.165, 1.54) is 17.6 Å². The predicted molar refractivity (Wildman–Crippen MR) is 116 cm³/mol. The van der Waals surface area contributed by atoms with E-state index in [4.69, 9.17) is 0 Å². The summed E-state index contributed by atoms with van der Waals surface area (Å²) in [5.74, 6) is 0. The molecule has 0 saturated carbocycles. The van der Waals surface area contributed by atoms with Gasteiger partial charge in [0.2, 0.25) is 0 Å². The average Bonchev–Trinajstić information content (AvgIpc) is 2.67. The van der Waals surface area contributed by atoms with Gasteiger partial charge in [-0.2, -0.15) is 0 Å². The van der Waals surface area contributed by atoms with Crippen LogP contribution in [0.5, 0.6) is 0 Å². The SMILES string of the molecule is C=C=[C](C(C)(C)C)[Ge]([c]1ccccc1)([c]1ccccc1)[c]1ccccc1. The van der Waals surface area contributed by atoms with E-state index in [0.29, 0.717) is 0 Å². The molecule has 0 atom stereocenters. The Morgan fingerprint density at radius 1 is 0.654 bits per heavy atom. The first-order chi connectivity index (χ1) is 12.5. The molecule has 0 aromatic heterocycles. The van der Waals surface area contributed by atoms with Crippen molar-refractivity contribution < 1.29 is 0 Å². The number of hydrogen-bond donors (Lipinski definition) is 0. The summed E-state index contributed by atoms with van der Waals surface area (Å²) in [5.41, 5.74) is 3.42. The van der Waals surface area contributed by atoms with Gasteiger partial charge in [0.1, 0.15) is 0 Å². The minimum atomic E-state index is -3.15. The summed E-state index contributed by atoms with van der Waals surface area (Å²) in [4.78, 5) is 0. The van der Waals surface area contributed by atoms with Gasteiger partial charge in [-0.15, -0.1) is 0 Å². The van der Waals surface area contributed by atoms with Crippen molar-refractivity contribution in [1.29, 1.82) is 0 Å². The van der Waals surface area contributed by atoms with Crippen LogP contribution < -0.4 is 13.2 Å². The van der Waals surface area contributed by atoms with Gasteiger partial charge in [-0.05, 0) is 0 Å². The Labute approximate surface area is 160 Å². The molecule has 3 aromatic rings. The second-order valence-electron chi connectivity index (χ2n) is 7.65. The van der Waals surface area contributed by atoms with E-state index in [0.717, 1.165) is 0 Å². The van der Waals surface area contributed by atoms with Crippen LogP contribution in [0, 0.1) is 5.41 Å². The Morgan fingerprint density at radius 2 is 0.962 bits per heavy atom. The standard InChI is InChI=1S/C25H26Ge/c1-5-24(25(2,3)4)26(21-15-9-6-10-16-21,22-17-11-7-12-18-22)23-19-13-8-14-20-23/h6-20H,1H2,2-4H3. The van der Waals surface area contributed by atoms with E-state index >= 15 is 0 Å². The molecule has 0 saturated heterocycles. The summed E-state index contributed by atoms with van der Waals surface area (Å²) in [6.07, 6.45) is 0. The molecule has 0 radical (unpaired) electrons. The molecule has 0 bridgehead atoms. The summed E-state index contributed by atoms with van der Waals surface area (Å²) in [6, 6.07) is 33.0. The first kappa shape index (κ1) is 18.5. The van der Waals surface area contributed by atoms with Crippen molar-refractivity contribution in [2.24, 2.45) is 5.41 Å². The predicted octanol–water partition coefficient (Wildman–Crippen LogP) is 4.45. The molecule has 3 aromatic carbocycles. The van der Waals surface area contributed by atoms with Crippen LogP contribution >= 0.6 is 0 Å². The van der Waals surface area contributed by atoms with Crippen LogP contribution in [0.4, 0.5) is 0 Å². The monoisotopic (exact) mass is 400 g/mol. The van der Waals surface area contributed by atoms with E-state index in [1.807, 2.05) is 0 Å². The Balaban J connectivity index is 2.50. The van der Waals surface area contributed by atoms with Crippen molar-refractivity contribution in [1.82, 2.24) is 0 Å². The zero-order valence-corrected chi connectivity index (χ0v) is 18.0. The second kappa shape index (κ2) is 7.54. The molecule has 0 nitrogen and oxygen atoms in total. The Kier molecular flexibility index (Phi) is 5.36. The van der Waals surface area contributed by atoms with Gasteiger partial charge in [0.15, 0.2) is 0 Å². The molecule has 3 rings (SSSR count). The Bertz CT molecular complexity index is 800. The molecule has 0 unspecified atom stereocenters. The van der Waals surface area contributed by atoms with Crippen molar-refractivity contribution in [3.63, 3.8) is 0 Å². The van der Waals surface area contributed by atoms with Crippen LogP contribution in [0.25, 0.3) is 0 Å². The minimum absolute atomic E-state index is 0.0106. The zero-order chi connectivity index (χ0) is 18.6. The van der Waals surface area contributed by atoms with Crippen LogP contribution in [0.3, 0.4) is 0 Å². The van der Waals surface area contributed by atoms with Crippen molar-refractivity contribution in [3.8, 4) is 0 Å². The van der Waals surface area contributed by atoms with Gasteiger partial charge in [0.05, 0.1) is 0 Å². The Hall–Kier alpha value is -2.28. The third-order valence-electron chi connectivity index (χ3n) is 4.92. The van der Waals surface area contributed by atoms with E-state index in [1.54, 1.807) is 0 Å². The molecule has 0 aliphatic heterocycles. The first-order valence-corrected chi connectivity index (χ1v) is 13.3. The fourth-order valence-electron chi connectivity index (χ4n) is 3.96. The molecule has 0 heterocycles.